The average molecular weight is 519 g/mol. The van der Waals surface area contributed by atoms with Gasteiger partial charge in [0.25, 0.3) is 0 Å². The fourth-order valence-corrected chi connectivity index (χ4v) is 4.93. The quantitative estimate of drug-likeness (QED) is 0.361. The Kier molecular flexibility index (Phi) is 6.67. The third kappa shape index (κ3) is 4.44. The Labute approximate surface area is 218 Å². The number of anilines is 1. The Hall–Kier alpha value is -4.17. The normalized spacial score (nSPS) is 13.6. The van der Waals surface area contributed by atoms with E-state index in [9.17, 15) is 14.3 Å². The van der Waals surface area contributed by atoms with Crippen LogP contribution in [-0.2, 0) is 4.79 Å². The van der Waals surface area contributed by atoms with Gasteiger partial charge in [-0.3, -0.25) is 4.79 Å². The van der Waals surface area contributed by atoms with E-state index in [1.165, 1.54) is 24.3 Å². The van der Waals surface area contributed by atoms with Crippen molar-refractivity contribution in [3.8, 4) is 33.9 Å². The molecule has 1 N–H and O–H groups in total. The molecule has 2 heterocycles. The van der Waals surface area contributed by atoms with E-state index in [1.807, 2.05) is 29.2 Å². The summed E-state index contributed by atoms with van der Waals surface area (Å²) in [5.74, 6) is 0.286. The summed E-state index contributed by atoms with van der Waals surface area (Å²) in [6.07, 6.45) is 1.31. The summed E-state index contributed by atoms with van der Waals surface area (Å²) in [5, 5.41) is 21.2. The van der Waals surface area contributed by atoms with Crippen LogP contribution < -0.4 is 9.64 Å². The second-order valence-corrected chi connectivity index (χ2v) is 9.01. The smallest absolute Gasteiger partial charge is 0.246 e. The number of aromatic hydroxyl groups is 1. The topological polar surface area (TPSA) is 78.8 Å². The predicted octanol–water partition coefficient (Wildman–Crippen LogP) is 5.31. The lowest BCUT2D eigenvalue weighted by Gasteiger charge is -2.35. The van der Waals surface area contributed by atoms with E-state index in [-0.39, 0.29) is 22.2 Å². The average Bonchev–Trinajstić information content (AvgIpc) is 2.92. The molecule has 37 heavy (non-hydrogen) atoms. The zero-order chi connectivity index (χ0) is 26.1. The first-order chi connectivity index (χ1) is 17.9. The summed E-state index contributed by atoms with van der Waals surface area (Å²) in [5.41, 5.74) is 1.59. The molecule has 3 aromatic carbocycles. The molecule has 1 aliphatic heterocycles. The lowest BCUT2D eigenvalue weighted by Crippen LogP contribution is -2.48. The van der Waals surface area contributed by atoms with Gasteiger partial charge in [-0.2, -0.15) is 0 Å². The summed E-state index contributed by atoms with van der Waals surface area (Å²) < 4.78 is 20.4. The number of hydrogen-bond donors (Lipinski definition) is 1. The van der Waals surface area contributed by atoms with Crippen LogP contribution in [0.4, 0.5) is 10.2 Å². The highest BCUT2D eigenvalue weighted by atomic mass is 35.5. The number of hydrogen-bond acceptors (Lipinski definition) is 6. The van der Waals surface area contributed by atoms with Crippen LogP contribution in [0, 0.1) is 5.82 Å². The highest BCUT2D eigenvalue weighted by molar-refractivity contribution is 6.34. The summed E-state index contributed by atoms with van der Waals surface area (Å²) in [6.45, 7) is 5.68. The fraction of sp³-hybridized carbons (Fsp3) is 0.179. The molecule has 7 nitrogen and oxygen atoms in total. The number of methoxy groups -OCH3 is 1. The number of phenols is 1. The third-order valence-electron chi connectivity index (χ3n) is 6.54. The molecular formula is C28H24ClFN4O3. The number of benzene rings is 3. The minimum absolute atomic E-state index is 0.00953. The van der Waals surface area contributed by atoms with Crippen LogP contribution in [0.5, 0.6) is 11.5 Å². The van der Waals surface area contributed by atoms with Gasteiger partial charge in [-0.1, -0.05) is 36.4 Å². The summed E-state index contributed by atoms with van der Waals surface area (Å²) >= 11 is 6.70. The van der Waals surface area contributed by atoms with E-state index < -0.39 is 5.82 Å². The first kappa shape index (κ1) is 24.5. The molecule has 1 amide bonds. The summed E-state index contributed by atoms with van der Waals surface area (Å²) in [7, 11) is 1.58. The number of nitrogens with zero attached hydrogens (tertiary/aromatic N) is 4. The highest BCUT2D eigenvalue weighted by Crippen LogP contribution is 2.43. The molecule has 0 saturated carbocycles. The van der Waals surface area contributed by atoms with E-state index in [4.69, 9.17) is 16.3 Å². The number of piperazine rings is 1. The van der Waals surface area contributed by atoms with Gasteiger partial charge in [-0.05, 0) is 42.5 Å². The highest BCUT2D eigenvalue weighted by Gasteiger charge is 2.25. The van der Waals surface area contributed by atoms with Gasteiger partial charge in [0.15, 0.2) is 5.82 Å². The zero-order valence-corrected chi connectivity index (χ0v) is 20.9. The number of aromatic nitrogens is 2. The van der Waals surface area contributed by atoms with Gasteiger partial charge in [0, 0.05) is 53.1 Å². The Morgan fingerprint density at radius 2 is 1.81 bits per heavy atom. The first-order valence-electron chi connectivity index (χ1n) is 11.7. The first-order valence-corrected chi connectivity index (χ1v) is 12.1. The van der Waals surface area contributed by atoms with E-state index in [2.05, 4.69) is 16.8 Å². The van der Waals surface area contributed by atoms with Crippen LogP contribution in [0.25, 0.3) is 33.2 Å². The van der Waals surface area contributed by atoms with Gasteiger partial charge in [-0.15, -0.1) is 10.2 Å². The molecule has 0 radical (unpaired) electrons. The number of carbonyl (C=O) groups excluding carboxylic acids is 1. The van der Waals surface area contributed by atoms with Crippen molar-refractivity contribution in [2.45, 2.75) is 0 Å². The second-order valence-electron chi connectivity index (χ2n) is 8.60. The molecule has 0 atom stereocenters. The number of rotatable bonds is 5. The predicted molar refractivity (Wildman–Crippen MR) is 143 cm³/mol. The Morgan fingerprint density at radius 1 is 1.05 bits per heavy atom. The van der Waals surface area contributed by atoms with Crippen molar-refractivity contribution in [3.05, 3.63) is 78.1 Å². The molecule has 1 saturated heterocycles. The van der Waals surface area contributed by atoms with Gasteiger partial charge in [0.05, 0.1) is 12.7 Å². The molecule has 1 fully saturated rings. The molecule has 0 aliphatic carbocycles. The van der Waals surface area contributed by atoms with Gasteiger partial charge in [0.1, 0.15) is 23.0 Å². The Morgan fingerprint density at radius 3 is 2.51 bits per heavy atom. The number of fused-ring (bicyclic) bond motifs is 1. The molecule has 0 unspecified atom stereocenters. The largest absolute Gasteiger partial charge is 0.507 e. The molecule has 188 valence electrons. The number of amides is 1. The maximum Gasteiger partial charge on any atom is 0.246 e. The number of halogens is 2. The minimum atomic E-state index is -0.592. The molecule has 4 aromatic rings. The zero-order valence-electron chi connectivity index (χ0n) is 20.1. The SMILES string of the molecule is C=CC(=O)N1CCN(c2nnc(-c3ccccc3OC)c3cc(-c4c(O)cccc4F)c(Cl)cc23)CC1. The van der Waals surface area contributed by atoms with Crippen LogP contribution in [0.1, 0.15) is 0 Å². The standard InChI is InChI=1S/C28H24ClFN4O3/c1-3-25(36)33-11-13-34(14-12-33)28-19-16-21(29)20(26-22(30)8-6-9-23(26)35)15-18(19)27(31-32-28)17-7-4-5-10-24(17)37-2/h3-10,15-16,35H,1,11-14H2,2H3. The Bertz CT molecular complexity index is 1500. The monoisotopic (exact) mass is 518 g/mol. The molecule has 0 bridgehead atoms. The molecule has 5 rings (SSSR count). The van der Waals surface area contributed by atoms with Crippen molar-refractivity contribution in [1.29, 1.82) is 0 Å². The maximum atomic E-state index is 14.8. The lowest BCUT2D eigenvalue weighted by molar-refractivity contribution is -0.126. The molecule has 1 aliphatic rings. The number of phenolic OH excluding ortho intramolecular Hbond substituents is 1. The van der Waals surface area contributed by atoms with E-state index in [1.54, 1.807) is 24.1 Å². The maximum absolute atomic E-state index is 14.8. The van der Waals surface area contributed by atoms with E-state index >= 15 is 0 Å². The molecule has 1 aromatic heterocycles. The molecular weight excluding hydrogens is 495 g/mol. The molecule has 9 heteroatoms. The molecule has 0 spiro atoms. The van der Waals surface area contributed by atoms with Crippen LogP contribution in [0.2, 0.25) is 5.02 Å². The van der Waals surface area contributed by atoms with Crippen LogP contribution in [0.3, 0.4) is 0 Å². The van der Waals surface area contributed by atoms with Gasteiger partial charge in [-0.25, -0.2) is 4.39 Å². The summed E-state index contributed by atoms with van der Waals surface area (Å²) in [4.78, 5) is 15.8. The number of para-hydroxylation sites is 1. The van der Waals surface area contributed by atoms with Crippen LogP contribution in [0.15, 0.2) is 67.3 Å². The lowest BCUT2D eigenvalue weighted by atomic mass is 9.97. The number of carbonyl (C=O) groups is 1. The van der Waals surface area contributed by atoms with Crippen molar-refractivity contribution in [2.75, 3.05) is 38.2 Å². The van der Waals surface area contributed by atoms with Crippen molar-refractivity contribution < 1.29 is 19.0 Å². The van der Waals surface area contributed by atoms with Gasteiger partial charge < -0.3 is 19.6 Å². The fourth-order valence-electron chi connectivity index (χ4n) is 4.67. The minimum Gasteiger partial charge on any atom is -0.507 e. The third-order valence-corrected chi connectivity index (χ3v) is 6.85. The van der Waals surface area contributed by atoms with E-state index in [0.717, 1.165) is 0 Å². The van der Waals surface area contributed by atoms with Crippen molar-refractivity contribution >= 4 is 34.1 Å². The van der Waals surface area contributed by atoms with Gasteiger partial charge in [0.2, 0.25) is 5.91 Å². The Balaban J connectivity index is 1.71. The summed E-state index contributed by atoms with van der Waals surface area (Å²) in [6, 6.07) is 15.0. The second kappa shape index (κ2) is 10.1. The van der Waals surface area contributed by atoms with Crippen LogP contribution >= 0.6 is 11.6 Å². The van der Waals surface area contributed by atoms with Crippen molar-refractivity contribution in [2.24, 2.45) is 0 Å². The van der Waals surface area contributed by atoms with Crippen molar-refractivity contribution in [3.63, 3.8) is 0 Å². The van der Waals surface area contributed by atoms with Crippen molar-refractivity contribution in [1.82, 2.24) is 15.1 Å². The number of ether oxygens (including phenoxy) is 1. The van der Waals surface area contributed by atoms with Crippen LogP contribution in [-0.4, -0.2) is 59.4 Å². The van der Waals surface area contributed by atoms with E-state index in [0.29, 0.717) is 65.3 Å². The van der Waals surface area contributed by atoms with Gasteiger partial charge >= 0.3 is 0 Å².